The van der Waals surface area contributed by atoms with Gasteiger partial charge in [-0.25, -0.2) is 4.39 Å². The number of aromatic nitrogens is 1. The number of H-pyrrole nitrogens is 1. The number of carbonyl (C=O) groups is 1. The lowest BCUT2D eigenvalue weighted by molar-refractivity contribution is 0.0741. The number of fused-ring (bicyclic) bond motifs is 1. The number of nitrogens with one attached hydrogen (secondary N) is 1. The van der Waals surface area contributed by atoms with E-state index in [-0.39, 0.29) is 11.7 Å². The maximum Gasteiger partial charge on any atom is 0.270 e. The van der Waals surface area contributed by atoms with Crippen LogP contribution in [0.4, 0.5) is 10.1 Å². The molecule has 0 unspecified atom stereocenters. The standard InChI is InChI=1S/C21H22FN3O/c1-14-7-8-16-15(2)20(23-18(16)13-14)21(26)25-11-9-24(10-12-25)19-6-4-3-5-17(19)22/h3-8,13,23H,9-12H2,1-2H3. The summed E-state index contributed by atoms with van der Waals surface area (Å²) in [5.74, 6) is -0.196. The third-order valence-electron chi connectivity index (χ3n) is 5.19. The van der Waals surface area contributed by atoms with Gasteiger partial charge in [0.05, 0.1) is 5.69 Å². The number of hydrogen-bond acceptors (Lipinski definition) is 2. The SMILES string of the molecule is Cc1ccc2c(C)c(C(=O)N3CCN(c4ccccc4F)CC3)[nH]c2c1. The molecular formula is C21H22FN3O. The van der Waals surface area contributed by atoms with Crippen molar-refractivity contribution >= 4 is 22.5 Å². The van der Waals surface area contributed by atoms with Gasteiger partial charge in [0, 0.05) is 37.1 Å². The molecule has 1 fully saturated rings. The number of benzene rings is 2. The van der Waals surface area contributed by atoms with E-state index in [0.29, 0.717) is 37.6 Å². The van der Waals surface area contributed by atoms with E-state index in [1.165, 1.54) is 6.07 Å². The van der Waals surface area contributed by atoms with Gasteiger partial charge < -0.3 is 14.8 Å². The molecule has 4 nitrogen and oxygen atoms in total. The quantitative estimate of drug-likeness (QED) is 0.761. The Hall–Kier alpha value is -2.82. The van der Waals surface area contributed by atoms with Gasteiger partial charge in [0.25, 0.3) is 5.91 Å². The highest BCUT2D eigenvalue weighted by Crippen LogP contribution is 2.25. The van der Waals surface area contributed by atoms with E-state index in [1.807, 2.05) is 29.7 Å². The Labute approximate surface area is 152 Å². The molecule has 5 heteroatoms. The zero-order valence-corrected chi connectivity index (χ0v) is 15.1. The number of aryl methyl sites for hydroxylation is 2. The normalized spacial score (nSPS) is 14.9. The molecule has 1 N–H and O–H groups in total. The Morgan fingerprint density at radius 1 is 1.04 bits per heavy atom. The molecule has 1 aliphatic heterocycles. The minimum atomic E-state index is -0.214. The van der Waals surface area contributed by atoms with Crippen LogP contribution in [-0.2, 0) is 0 Å². The molecule has 0 aliphatic carbocycles. The lowest BCUT2D eigenvalue weighted by atomic mass is 10.1. The number of piperazine rings is 1. The monoisotopic (exact) mass is 351 g/mol. The summed E-state index contributed by atoms with van der Waals surface area (Å²) in [5, 5.41) is 1.09. The molecule has 1 saturated heterocycles. The number of para-hydroxylation sites is 1. The van der Waals surface area contributed by atoms with E-state index in [2.05, 4.69) is 23.2 Å². The number of nitrogens with zero attached hydrogens (tertiary/aromatic N) is 2. The maximum atomic E-state index is 14.0. The first-order chi connectivity index (χ1) is 12.5. The number of amides is 1. The van der Waals surface area contributed by atoms with Gasteiger partial charge in [0.1, 0.15) is 11.5 Å². The van der Waals surface area contributed by atoms with Gasteiger partial charge in [0.15, 0.2) is 0 Å². The lowest BCUT2D eigenvalue weighted by Crippen LogP contribution is -2.49. The Kier molecular flexibility index (Phi) is 4.15. The van der Waals surface area contributed by atoms with Gasteiger partial charge in [-0.1, -0.05) is 24.3 Å². The molecule has 1 amide bonds. The summed E-state index contributed by atoms with van der Waals surface area (Å²) in [7, 11) is 0. The number of rotatable bonds is 2. The van der Waals surface area contributed by atoms with E-state index in [0.717, 1.165) is 22.0 Å². The van der Waals surface area contributed by atoms with Gasteiger partial charge in [-0.05, 0) is 43.2 Å². The molecule has 134 valence electrons. The van der Waals surface area contributed by atoms with Crippen molar-refractivity contribution in [1.82, 2.24) is 9.88 Å². The molecule has 3 aromatic rings. The van der Waals surface area contributed by atoms with Crippen LogP contribution in [0, 0.1) is 19.7 Å². The van der Waals surface area contributed by atoms with Crippen molar-refractivity contribution in [3.8, 4) is 0 Å². The summed E-state index contributed by atoms with van der Waals surface area (Å²) in [5.41, 5.74) is 4.41. The zero-order valence-electron chi connectivity index (χ0n) is 15.1. The van der Waals surface area contributed by atoms with Crippen LogP contribution in [0.15, 0.2) is 42.5 Å². The van der Waals surface area contributed by atoms with Crippen LogP contribution in [0.1, 0.15) is 21.6 Å². The zero-order chi connectivity index (χ0) is 18.3. The number of halogens is 1. The summed E-state index contributed by atoms with van der Waals surface area (Å²) < 4.78 is 14.0. The average Bonchev–Trinajstić information content (AvgIpc) is 2.97. The third-order valence-corrected chi connectivity index (χ3v) is 5.19. The highest BCUT2D eigenvalue weighted by atomic mass is 19.1. The Balaban J connectivity index is 1.52. The van der Waals surface area contributed by atoms with Crippen LogP contribution in [0.2, 0.25) is 0 Å². The Morgan fingerprint density at radius 3 is 2.50 bits per heavy atom. The summed E-state index contributed by atoms with van der Waals surface area (Å²) in [4.78, 5) is 20.1. The van der Waals surface area contributed by atoms with E-state index in [4.69, 9.17) is 0 Å². The molecule has 0 bridgehead atoms. The molecule has 2 aromatic carbocycles. The number of hydrogen-bond donors (Lipinski definition) is 1. The third kappa shape index (κ3) is 2.83. The molecule has 0 spiro atoms. The number of aromatic amines is 1. The molecule has 2 heterocycles. The van der Waals surface area contributed by atoms with Gasteiger partial charge >= 0.3 is 0 Å². The maximum absolute atomic E-state index is 14.0. The topological polar surface area (TPSA) is 39.3 Å². The van der Waals surface area contributed by atoms with Crippen molar-refractivity contribution in [2.24, 2.45) is 0 Å². The molecule has 1 aliphatic rings. The van der Waals surface area contributed by atoms with E-state index >= 15 is 0 Å². The first-order valence-corrected chi connectivity index (χ1v) is 8.92. The van der Waals surface area contributed by atoms with Gasteiger partial charge in [-0.3, -0.25) is 4.79 Å². The number of anilines is 1. The first-order valence-electron chi connectivity index (χ1n) is 8.92. The van der Waals surface area contributed by atoms with E-state index < -0.39 is 0 Å². The van der Waals surface area contributed by atoms with Crippen molar-refractivity contribution in [2.45, 2.75) is 13.8 Å². The van der Waals surface area contributed by atoms with Crippen molar-refractivity contribution in [1.29, 1.82) is 0 Å². The van der Waals surface area contributed by atoms with Crippen LogP contribution in [-0.4, -0.2) is 42.0 Å². The fourth-order valence-electron chi connectivity index (χ4n) is 3.68. The van der Waals surface area contributed by atoms with Crippen molar-refractivity contribution < 1.29 is 9.18 Å². The van der Waals surface area contributed by atoms with Crippen molar-refractivity contribution in [2.75, 3.05) is 31.1 Å². The van der Waals surface area contributed by atoms with Crippen LogP contribution >= 0.6 is 0 Å². The highest BCUT2D eigenvalue weighted by Gasteiger charge is 2.26. The van der Waals surface area contributed by atoms with E-state index in [1.54, 1.807) is 12.1 Å². The van der Waals surface area contributed by atoms with Gasteiger partial charge in [-0.2, -0.15) is 0 Å². The molecule has 0 saturated carbocycles. The highest BCUT2D eigenvalue weighted by molar-refractivity contribution is 6.01. The summed E-state index contributed by atoms with van der Waals surface area (Å²) in [6, 6.07) is 13.0. The molecule has 4 rings (SSSR count). The molecule has 1 aromatic heterocycles. The largest absolute Gasteiger partial charge is 0.366 e. The molecule has 0 radical (unpaired) electrons. The fraction of sp³-hybridized carbons (Fsp3) is 0.286. The smallest absolute Gasteiger partial charge is 0.270 e. The summed E-state index contributed by atoms with van der Waals surface area (Å²) in [6.45, 7) is 6.45. The Morgan fingerprint density at radius 2 is 1.77 bits per heavy atom. The van der Waals surface area contributed by atoms with E-state index in [9.17, 15) is 9.18 Å². The van der Waals surface area contributed by atoms with Crippen LogP contribution < -0.4 is 4.90 Å². The van der Waals surface area contributed by atoms with Crippen molar-refractivity contribution in [3.05, 3.63) is 65.1 Å². The second-order valence-electron chi connectivity index (χ2n) is 6.90. The minimum absolute atomic E-state index is 0.0181. The summed E-state index contributed by atoms with van der Waals surface area (Å²) >= 11 is 0. The predicted molar refractivity (Wildman–Crippen MR) is 102 cm³/mol. The predicted octanol–water partition coefficient (Wildman–Crippen LogP) is 3.89. The molecular weight excluding hydrogens is 329 g/mol. The van der Waals surface area contributed by atoms with Crippen molar-refractivity contribution in [3.63, 3.8) is 0 Å². The summed E-state index contributed by atoms with van der Waals surface area (Å²) in [6.07, 6.45) is 0. The van der Waals surface area contributed by atoms with Crippen LogP contribution in [0.25, 0.3) is 10.9 Å². The fourth-order valence-corrected chi connectivity index (χ4v) is 3.68. The molecule has 0 atom stereocenters. The van der Waals surface area contributed by atoms with Gasteiger partial charge in [-0.15, -0.1) is 0 Å². The van der Waals surface area contributed by atoms with Crippen LogP contribution in [0.3, 0.4) is 0 Å². The molecule has 26 heavy (non-hydrogen) atoms. The van der Waals surface area contributed by atoms with Crippen LogP contribution in [0.5, 0.6) is 0 Å². The Bertz CT molecular complexity index is 971. The lowest BCUT2D eigenvalue weighted by Gasteiger charge is -2.36. The average molecular weight is 351 g/mol. The first kappa shape index (κ1) is 16.6. The second kappa shape index (κ2) is 6.48. The van der Waals surface area contributed by atoms with Gasteiger partial charge in [0.2, 0.25) is 0 Å². The number of carbonyl (C=O) groups excluding carboxylic acids is 1. The minimum Gasteiger partial charge on any atom is -0.366 e. The second-order valence-corrected chi connectivity index (χ2v) is 6.90.